The van der Waals surface area contributed by atoms with Gasteiger partial charge in [-0.3, -0.25) is 4.98 Å². The molecule has 0 aliphatic carbocycles. The van der Waals surface area contributed by atoms with E-state index in [4.69, 9.17) is 4.74 Å². The van der Waals surface area contributed by atoms with Gasteiger partial charge in [-0.05, 0) is 44.1 Å². The third kappa shape index (κ3) is 4.61. The first-order valence-corrected chi connectivity index (χ1v) is 9.49. The zero-order valence-corrected chi connectivity index (χ0v) is 14.5. The summed E-state index contributed by atoms with van der Waals surface area (Å²) in [5.41, 5.74) is 2.03. The van der Waals surface area contributed by atoms with Crippen molar-refractivity contribution in [2.24, 2.45) is 0 Å². The number of hydrogen-bond donors (Lipinski definition) is 2. The second kappa shape index (κ2) is 7.53. The molecule has 3 heterocycles. The summed E-state index contributed by atoms with van der Waals surface area (Å²) in [4.78, 5) is 16.5. The first-order valence-electron chi connectivity index (χ1n) is 8.34. The fourth-order valence-corrected chi connectivity index (χ4v) is 4.67. The van der Waals surface area contributed by atoms with Gasteiger partial charge >= 0.3 is 6.03 Å². The van der Waals surface area contributed by atoms with E-state index in [1.165, 1.54) is 5.75 Å². The molecule has 1 aromatic rings. The number of aromatic nitrogens is 1. The molecule has 1 spiro atoms. The van der Waals surface area contributed by atoms with Crippen molar-refractivity contribution in [2.75, 3.05) is 24.7 Å². The van der Waals surface area contributed by atoms with Crippen molar-refractivity contribution in [1.82, 2.24) is 15.6 Å². The van der Waals surface area contributed by atoms with Crippen LogP contribution in [-0.2, 0) is 11.2 Å². The average Bonchev–Trinajstić information content (AvgIpc) is 2.95. The molecule has 2 amide bonds. The van der Waals surface area contributed by atoms with Crippen molar-refractivity contribution in [3.63, 3.8) is 0 Å². The summed E-state index contributed by atoms with van der Waals surface area (Å²) in [5.74, 6) is 2.23. The summed E-state index contributed by atoms with van der Waals surface area (Å²) in [5, 5.41) is 6.05. The fraction of sp³-hybridized carbons (Fsp3) is 0.647. The van der Waals surface area contributed by atoms with E-state index in [2.05, 4.69) is 15.6 Å². The number of aryl methyl sites for hydroxylation is 1. The molecule has 1 aromatic heterocycles. The molecule has 2 saturated heterocycles. The molecule has 126 valence electrons. The number of rotatable bonds is 4. The Morgan fingerprint density at radius 1 is 1.52 bits per heavy atom. The Morgan fingerprint density at radius 3 is 3.22 bits per heavy atom. The van der Waals surface area contributed by atoms with Gasteiger partial charge in [0.05, 0.1) is 5.60 Å². The molecule has 2 N–H and O–H groups in total. The zero-order chi connectivity index (χ0) is 16.1. The Bertz CT molecular complexity index is 546. The number of nitrogens with zero attached hydrogens (tertiary/aromatic N) is 1. The first kappa shape index (κ1) is 16.6. The van der Waals surface area contributed by atoms with Gasteiger partial charge in [-0.15, -0.1) is 0 Å². The number of amides is 2. The van der Waals surface area contributed by atoms with Crippen LogP contribution in [0.4, 0.5) is 4.79 Å². The standard InChI is InChI=1S/C17H25N3O2S/c1-13-3-2-4-14(19-13)5-8-18-16(21)20-15-6-9-22-17(11-15)7-10-23-12-17/h2-4,15H,5-12H2,1H3,(H2,18,20,21)/t15-,17+/m0/s1. The molecule has 3 rings (SSSR count). The van der Waals surface area contributed by atoms with Gasteiger partial charge in [-0.25, -0.2) is 4.79 Å². The van der Waals surface area contributed by atoms with E-state index in [0.717, 1.165) is 49.4 Å². The van der Waals surface area contributed by atoms with E-state index in [0.29, 0.717) is 6.54 Å². The molecular formula is C17H25N3O2S. The molecule has 0 bridgehead atoms. The van der Waals surface area contributed by atoms with Crippen LogP contribution in [-0.4, -0.2) is 47.3 Å². The number of thioether (sulfide) groups is 1. The predicted octanol–water partition coefficient (Wildman–Crippen LogP) is 2.29. The lowest BCUT2D eigenvalue weighted by Crippen LogP contribution is -2.51. The monoisotopic (exact) mass is 335 g/mol. The van der Waals surface area contributed by atoms with Gasteiger partial charge < -0.3 is 15.4 Å². The molecule has 2 aliphatic heterocycles. The number of carbonyl (C=O) groups excluding carboxylic acids is 1. The Morgan fingerprint density at radius 2 is 2.43 bits per heavy atom. The SMILES string of the molecule is Cc1cccc(CCNC(=O)N[C@H]2CCO[C@]3(CCSC3)C2)n1. The molecule has 2 fully saturated rings. The predicted molar refractivity (Wildman–Crippen MR) is 92.9 cm³/mol. The van der Waals surface area contributed by atoms with E-state index in [1.54, 1.807) is 0 Å². The highest BCUT2D eigenvalue weighted by atomic mass is 32.2. The summed E-state index contributed by atoms with van der Waals surface area (Å²) >= 11 is 1.95. The highest BCUT2D eigenvalue weighted by molar-refractivity contribution is 7.99. The Hall–Kier alpha value is -1.27. The molecule has 0 radical (unpaired) electrons. The molecule has 0 unspecified atom stereocenters. The zero-order valence-electron chi connectivity index (χ0n) is 13.6. The van der Waals surface area contributed by atoms with Crippen molar-refractivity contribution in [2.45, 2.75) is 44.2 Å². The van der Waals surface area contributed by atoms with E-state index < -0.39 is 0 Å². The lowest BCUT2D eigenvalue weighted by Gasteiger charge is -2.37. The first-order chi connectivity index (χ1) is 11.2. The van der Waals surface area contributed by atoms with Crippen molar-refractivity contribution in [3.05, 3.63) is 29.6 Å². The van der Waals surface area contributed by atoms with Crippen molar-refractivity contribution < 1.29 is 9.53 Å². The fourth-order valence-electron chi connectivity index (χ4n) is 3.29. The third-order valence-electron chi connectivity index (χ3n) is 4.51. The number of hydrogen-bond acceptors (Lipinski definition) is 4. The summed E-state index contributed by atoms with van der Waals surface area (Å²) < 4.78 is 5.99. The van der Waals surface area contributed by atoms with Gasteiger partial charge in [0.2, 0.25) is 0 Å². The van der Waals surface area contributed by atoms with Crippen LogP contribution in [0, 0.1) is 6.92 Å². The van der Waals surface area contributed by atoms with Gasteiger partial charge in [0, 0.05) is 42.8 Å². The van der Waals surface area contributed by atoms with Crippen molar-refractivity contribution in [1.29, 1.82) is 0 Å². The largest absolute Gasteiger partial charge is 0.374 e. The summed E-state index contributed by atoms with van der Waals surface area (Å²) in [6, 6.07) is 6.11. The highest BCUT2D eigenvalue weighted by Crippen LogP contribution is 2.38. The van der Waals surface area contributed by atoms with E-state index in [9.17, 15) is 4.79 Å². The van der Waals surface area contributed by atoms with Gasteiger partial charge in [-0.2, -0.15) is 11.8 Å². The summed E-state index contributed by atoms with van der Waals surface area (Å²) in [7, 11) is 0. The van der Waals surface area contributed by atoms with Crippen molar-refractivity contribution >= 4 is 17.8 Å². The molecule has 0 saturated carbocycles. The van der Waals surface area contributed by atoms with E-state index in [1.807, 2.05) is 36.9 Å². The van der Waals surface area contributed by atoms with Crippen LogP contribution in [0.5, 0.6) is 0 Å². The lowest BCUT2D eigenvalue weighted by molar-refractivity contribution is -0.0684. The highest BCUT2D eigenvalue weighted by Gasteiger charge is 2.40. The van der Waals surface area contributed by atoms with Gasteiger partial charge in [0.25, 0.3) is 0 Å². The maximum Gasteiger partial charge on any atom is 0.315 e. The topological polar surface area (TPSA) is 63.2 Å². The Kier molecular flexibility index (Phi) is 5.43. The average molecular weight is 335 g/mol. The molecule has 6 heteroatoms. The van der Waals surface area contributed by atoms with Crippen LogP contribution in [0.25, 0.3) is 0 Å². The number of carbonyl (C=O) groups is 1. The number of pyridine rings is 1. The molecule has 2 atom stereocenters. The molecule has 0 aromatic carbocycles. The lowest BCUT2D eigenvalue weighted by atomic mass is 9.90. The Labute approximate surface area is 142 Å². The molecule has 2 aliphatic rings. The minimum absolute atomic E-state index is 0.00630. The Balaban J connectivity index is 1.40. The summed E-state index contributed by atoms with van der Waals surface area (Å²) in [6.45, 7) is 3.33. The van der Waals surface area contributed by atoms with Gasteiger partial charge in [0.15, 0.2) is 0 Å². The summed E-state index contributed by atoms with van der Waals surface area (Å²) in [6.07, 6.45) is 3.70. The van der Waals surface area contributed by atoms with Gasteiger partial charge in [-0.1, -0.05) is 6.07 Å². The number of ether oxygens (including phenoxy) is 1. The molecular weight excluding hydrogens is 310 g/mol. The molecule has 23 heavy (non-hydrogen) atoms. The van der Waals surface area contributed by atoms with E-state index >= 15 is 0 Å². The maximum absolute atomic E-state index is 12.1. The van der Waals surface area contributed by atoms with Crippen LogP contribution >= 0.6 is 11.8 Å². The van der Waals surface area contributed by atoms with Crippen LogP contribution in [0.2, 0.25) is 0 Å². The minimum atomic E-state index is -0.0784. The second-order valence-corrected chi connectivity index (χ2v) is 7.55. The van der Waals surface area contributed by atoms with Crippen LogP contribution in [0.15, 0.2) is 18.2 Å². The van der Waals surface area contributed by atoms with Gasteiger partial charge in [0.1, 0.15) is 0 Å². The quantitative estimate of drug-likeness (QED) is 0.886. The number of urea groups is 1. The number of nitrogens with one attached hydrogen (secondary N) is 2. The van der Waals surface area contributed by atoms with Crippen LogP contribution < -0.4 is 10.6 Å². The third-order valence-corrected chi connectivity index (χ3v) is 5.73. The van der Waals surface area contributed by atoms with Crippen LogP contribution in [0.3, 0.4) is 0 Å². The smallest absolute Gasteiger partial charge is 0.315 e. The maximum atomic E-state index is 12.1. The van der Waals surface area contributed by atoms with E-state index in [-0.39, 0.29) is 17.7 Å². The second-order valence-electron chi connectivity index (χ2n) is 6.44. The van der Waals surface area contributed by atoms with Crippen LogP contribution in [0.1, 0.15) is 30.7 Å². The molecule has 5 nitrogen and oxygen atoms in total. The normalized spacial score (nSPS) is 27.1. The minimum Gasteiger partial charge on any atom is -0.374 e. The van der Waals surface area contributed by atoms with Crippen molar-refractivity contribution in [3.8, 4) is 0 Å².